The molecule has 0 aliphatic heterocycles. The van der Waals surface area contributed by atoms with Crippen LogP contribution in [0.2, 0.25) is 5.02 Å². The molecule has 0 unspecified atom stereocenters. The minimum absolute atomic E-state index is 0.0609. The predicted octanol–water partition coefficient (Wildman–Crippen LogP) is 1.83. The van der Waals surface area contributed by atoms with Crippen LogP contribution in [-0.2, 0) is 0 Å². The number of amidine groups is 1. The van der Waals surface area contributed by atoms with Gasteiger partial charge in [-0.3, -0.25) is 5.41 Å². The Balaban J connectivity index is 2.79. The van der Waals surface area contributed by atoms with Crippen LogP contribution in [-0.4, -0.2) is 25.8 Å². The summed E-state index contributed by atoms with van der Waals surface area (Å²) in [5.74, 6) is 0.372. The molecule has 0 fully saturated rings. The highest BCUT2D eigenvalue weighted by atomic mass is 35.5. The summed E-state index contributed by atoms with van der Waals surface area (Å²) in [7, 11) is 0. The molecule has 0 aliphatic carbocycles. The van der Waals surface area contributed by atoms with Crippen LogP contribution in [0.1, 0.15) is 28.2 Å². The van der Waals surface area contributed by atoms with Gasteiger partial charge in [-0.05, 0) is 33.3 Å². The van der Waals surface area contributed by atoms with Crippen LogP contribution in [0, 0.1) is 33.1 Å². The lowest BCUT2D eigenvalue weighted by molar-refractivity contribution is 0.769. The molecule has 0 aromatic carbocycles. The monoisotopic (exact) mass is 278 g/mol. The molecule has 0 bridgehead atoms. The molecule has 2 rings (SSSR count). The lowest BCUT2D eigenvalue weighted by Gasteiger charge is -2.12. The van der Waals surface area contributed by atoms with E-state index in [1.165, 1.54) is 0 Å². The molecule has 0 saturated carbocycles. The normalized spacial score (nSPS) is 10.8. The van der Waals surface area contributed by atoms with E-state index in [1.54, 1.807) is 4.68 Å². The fourth-order valence-corrected chi connectivity index (χ4v) is 2.01. The van der Waals surface area contributed by atoms with E-state index in [9.17, 15) is 0 Å². The highest BCUT2D eigenvalue weighted by molar-refractivity contribution is 6.31. The predicted molar refractivity (Wildman–Crippen MR) is 74.1 cm³/mol. The maximum absolute atomic E-state index is 7.73. The topological polar surface area (TPSA) is 93.5 Å². The zero-order chi connectivity index (χ0) is 14.3. The molecule has 0 radical (unpaired) electrons. The SMILES string of the molecule is Cc1nnc(-n2nc(C)c(Cl)c2C)c(C(=N)N)c1C. The Morgan fingerprint density at radius 2 is 1.79 bits per heavy atom. The molecule has 0 aliphatic rings. The Bertz CT molecular complexity index is 673. The van der Waals surface area contributed by atoms with Crippen molar-refractivity contribution in [1.29, 1.82) is 5.41 Å². The van der Waals surface area contributed by atoms with Crippen molar-refractivity contribution in [2.24, 2.45) is 5.73 Å². The average Bonchev–Trinajstić information content (AvgIpc) is 2.60. The number of aromatic nitrogens is 4. The smallest absolute Gasteiger partial charge is 0.187 e. The van der Waals surface area contributed by atoms with Gasteiger partial charge in [-0.15, -0.1) is 5.10 Å². The van der Waals surface area contributed by atoms with Gasteiger partial charge in [0.1, 0.15) is 5.84 Å². The number of hydrogen-bond donors (Lipinski definition) is 2. The van der Waals surface area contributed by atoms with Gasteiger partial charge in [0.2, 0.25) is 0 Å². The fraction of sp³-hybridized carbons (Fsp3) is 0.333. The van der Waals surface area contributed by atoms with Crippen LogP contribution in [0.4, 0.5) is 0 Å². The molecule has 19 heavy (non-hydrogen) atoms. The van der Waals surface area contributed by atoms with E-state index in [2.05, 4.69) is 15.3 Å². The van der Waals surface area contributed by atoms with E-state index in [1.807, 2.05) is 27.7 Å². The number of aryl methyl sites for hydroxylation is 2. The Morgan fingerprint density at radius 3 is 2.26 bits per heavy atom. The molecule has 0 spiro atoms. The number of nitrogens with zero attached hydrogens (tertiary/aromatic N) is 4. The van der Waals surface area contributed by atoms with Gasteiger partial charge in [-0.25, -0.2) is 4.68 Å². The fourth-order valence-electron chi connectivity index (χ4n) is 1.90. The summed E-state index contributed by atoms with van der Waals surface area (Å²) in [5.41, 5.74) is 9.20. The third-order valence-electron chi connectivity index (χ3n) is 3.11. The number of rotatable bonds is 2. The van der Waals surface area contributed by atoms with E-state index >= 15 is 0 Å². The summed E-state index contributed by atoms with van der Waals surface area (Å²) in [5, 5.41) is 20.8. The van der Waals surface area contributed by atoms with Crippen LogP contribution < -0.4 is 5.73 Å². The summed E-state index contributed by atoms with van der Waals surface area (Å²) in [6, 6.07) is 0. The van der Waals surface area contributed by atoms with Crippen molar-refractivity contribution in [2.75, 3.05) is 0 Å². The summed E-state index contributed by atoms with van der Waals surface area (Å²) >= 11 is 6.13. The molecular weight excluding hydrogens is 264 g/mol. The molecule has 2 heterocycles. The Kier molecular flexibility index (Phi) is 3.28. The zero-order valence-electron chi connectivity index (χ0n) is 11.2. The highest BCUT2D eigenvalue weighted by Gasteiger charge is 2.19. The van der Waals surface area contributed by atoms with Crippen LogP contribution in [0.3, 0.4) is 0 Å². The molecule has 0 amide bonds. The lowest BCUT2D eigenvalue weighted by atomic mass is 10.1. The largest absolute Gasteiger partial charge is 0.384 e. The number of nitrogens with one attached hydrogen (secondary N) is 1. The van der Waals surface area contributed by atoms with Gasteiger partial charge in [0.25, 0.3) is 0 Å². The summed E-state index contributed by atoms with van der Waals surface area (Å²) in [6.07, 6.45) is 0. The third-order valence-corrected chi connectivity index (χ3v) is 3.66. The zero-order valence-corrected chi connectivity index (χ0v) is 12.0. The van der Waals surface area contributed by atoms with Gasteiger partial charge in [-0.1, -0.05) is 11.6 Å². The average molecular weight is 279 g/mol. The van der Waals surface area contributed by atoms with Crippen molar-refractivity contribution in [1.82, 2.24) is 20.0 Å². The molecule has 2 aromatic rings. The van der Waals surface area contributed by atoms with Gasteiger partial charge < -0.3 is 5.73 Å². The summed E-state index contributed by atoms with van der Waals surface area (Å²) in [4.78, 5) is 0. The summed E-state index contributed by atoms with van der Waals surface area (Å²) < 4.78 is 1.58. The van der Waals surface area contributed by atoms with Crippen molar-refractivity contribution in [3.63, 3.8) is 0 Å². The minimum Gasteiger partial charge on any atom is -0.384 e. The molecular formula is C12H15ClN6. The van der Waals surface area contributed by atoms with Crippen molar-refractivity contribution in [3.8, 4) is 5.82 Å². The molecule has 3 N–H and O–H groups in total. The second kappa shape index (κ2) is 4.62. The molecule has 2 aromatic heterocycles. The minimum atomic E-state index is -0.0609. The van der Waals surface area contributed by atoms with Crippen molar-refractivity contribution in [2.45, 2.75) is 27.7 Å². The van der Waals surface area contributed by atoms with Crippen molar-refractivity contribution >= 4 is 17.4 Å². The van der Waals surface area contributed by atoms with Gasteiger partial charge in [0, 0.05) is 0 Å². The van der Waals surface area contributed by atoms with Crippen LogP contribution >= 0.6 is 11.6 Å². The summed E-state index contributed by atoms with van der Waals surface area (Å²) in [6.45, 7) is 7.33. The first-order chi connectivity index (χ1) is 8.84. The van der Waals surface area contributed by atoms with E-state index in [0.717, 1.165) is 17.0 Å². The second-order valence-electron chi connectivity index (χ2n) is 4.42. The third kappa shape index (κ3) is 2.08. The van der Waals surface area contributed by atoms with Gasteiger partial charge in [0.15, 0.2) is 5.82 Å². The van der Waals surface area contributed by atoms with E-state index in [-0.39, 0.29) is 5.84 Å². The van der Waals surface area contributed by atoms with Crippen molar-refractivity contribution in [3.05, 3.63) is 33.2 Å². The van der Waals surface area contributed by atoms with Gasteiger partial charge in [-0.2, -0.15) is 10.2 Å². The molecule has 100 valence electrons. The van der Waals surface area contributed by atoms with Crippen LogP contribution in [0.5, 0.6) is 0 Å². The number of hydrogen-bond acceptors (Lipinski definition) is 4. The first-order valence-corrected chi connectivity index (χ1v) is 6.12. The van der Waals surface area contributed by atoms with Gasteiger partial charge in [0.05, 0.1) is 27.7 Å². The number of halogens is 1. The Labute approximate surface area is 116 Å². The standard InChI is InChI=1S/C12H15ClN6/c1-5-6(2)16-17-12(9(5)11(14)15)19-8(4)10(13)7(3)18-19/h1-4H3,(H3,14,15). The number of nitrogen functional groups attached to an aromatic ring is 1. The van der Waals surface area contributed by atoms with Crippen LogP contribution in [0.15, 0.2) is 0 Å². The maximum atomic E-state index is 7.73. The molecule has 6 nitrogen and oxygen atoms in total. The second-order valence-corrected chi connectivity index (χ2v) is 4.80. The van der Waals surface area contributed by atoms with Gasteiger partial charge >= 0.3 is 0 Å². The van der Waals surface area contributed by atoms with Crippen molar-refractivity contribution < 1.29 is 0 Å². The van der Waals surface area contributed by atoms with E-state index in [4.69, 9.17) is 22.7 Å². The van der Waals surface area contributed by atoms with E-state index < -0.39 is 0 Å². The molecule has 0 saturated heterocycles. The van der Waals surface area contributed by atoms with Crippen LogP contribution in [0.25, 0.3) is 5.82 Å². The number of nitrogens with two attached hydrogens (primary N) is 1. The quantitative estimate of drug-likeness (QED) is 0.647. The molecule has 7 heteroatoms. The maximum Gasteiger partial charge on any atom is 0.187 e. The van der Waals surface area contributed by atoms with E-state index in [0.29, 0.717) is 22.1 Å². The highest BCUT2D eigenvalue weighted by Crippen LogP contribution is 2.24. The molecule has 0 atom stereocenters. The Morgan fingerprint density at radius 1 is 1.16 bits per heavy atom. The first-order valence-electron chi connectivity index (χ1n) is 5.75. The first kappa shape index (κ1) is 13.5. The lowest BCUT2D eigenvalue weighted by Crippen LogP contribution is -2.20. The Hall–Kier alpha value is -1.95.